The summed E-state index contributed by atoms with van der Waals surface area (Å²) in [5, 5.41) is 5.94. The van der Waals surface area contributed by atoms with Crippen molar-refractivity contribution in [2.75, 3.05) is 0 Å². The van der Waals surface area contributed by atoms with Crippen LogP contribution >= 0.6 is 0 Å². The minimum absolute atomic E-state index is 0.645. The summed E-state index contributed by atoms with van der Waals surface area (Å²) in [5.74, 6) is 3.02. The highest BCUT2D eigenvalue weighted by Gasteiger charge is 2.22. The quantitative estimate of drug-likeness (QED) is 0.185. The van der Waals surface area contributed by atoms with Gasteiger partial charge in [-0.3, -0.25) is 0 Å². The molecule has 0 fully saturated rings. The van der Waals surface area contributed by atoms with Gasteiger partial charge >= 0.3 is 0 Å². The second-order valence-electron chi connectivity index (χ2n) is 13.1. The van der Waals surface area contributed by atoms with Crippen molar-refractivity contribution in [1.82, 2.24) is 15.0 Å². The van der Waals surface area contributed by atoms with Crippen LogP contribution in [0.1, 0.15) is 23.3 Å². The number of rotatable bonds is 5. The van der Waals surface area contributed by atoms with Crippen LogP contribution in [0.4, 0.5) is 0 Å². The predicted molar refractivity (Wildman–Crippen MR) is 208 cm³/mol. The van der Waals surface area contributed by atoms with E-state index in [0.29, 0.717) is 17.5 Å². The minimum atomic E-state index is 0.645. The van der Waals surface area contributed by atoms with E-state index in [1.807, 2.05) is 36.4 Å². The summed E-state index contributed by atoms with van der Waals surface area (Å²) in [6.07, 6.45) is 4.25. The molecular formula is C47H31N3O. The molecule has 1 aliphatic rings. The molecule has 240 valence electrons. The molecule has 0 unspecified atom stereocenters. The summed E-state index contributed by atoms with van der Waals surface area (Å²) < 4.78 is 6.26. The number of para-hydroxylation sites is 1. The van der Waals surface area contributed by atoms with Gasteiger partial charge in [-0.1, -0.05) is 140 Å². The number of aryl methyl sites for hydroxylation is 1. The lowest BCUT2D eigenvalue weighted by Gasteiger charge is -2.15. The smallest absolute Gasteiger partial charge is 0.164 e. The lowest BCUT2D eigenvalue weighted by molar-refractivity contribution is 0.545. The topological polar surface area (TPSA) is 51.8 Å². The van der Waals surface area contributed by atoms with Crippen LogP contribution in [0.25, 0.3) is 83.4 Å². The van der Waals surface area contributed by atoms with Crippen LogP contribution in [0.5, 0.6) is 0 Å². The third-order valence-corrected chi connectivity index (χ3v) is 9.96. The Morgan fingerprint density at radius 1 is 0.412 bits per heavy atom. The number of benzene rings is 7. The summed E-state index contributed by atoms with van der Waals surface area (Å²) in [7, 11) is 0. The third kappa shape index (κ3) is 5.29. The Hall–Kier alpha value is -6.65. The van der Waals surface area contributed by atoms with Crippen molar-refractivity contribution in [2.45, 2.75) is 12.8 Å². The molecule has 0 spiro atoms. The SMILES string of the molecule is C1=C(c2ccc3cc(-c4nc(-c5ccccc5)nc(-c5ccc(-c6ccc7ccccc7c6)cc5)n4)ccc3c2)c2c(oc3ccccc23)CC1. The van der Waals surface area contributed by atoms with Gasteiger partial charge in [0.2, 0.25) is 0 Å². The van der Waals surface area contributed by atoms with E-state index < -0.39 is 0 Å². The van der Waals surface area contributed by atoms with Crippen molar-refractivity contribution in [1.29, 1.82) is 0 Å². The van der Waals surface area contributed by atoms with Gasteiger partial charge in [-0.2, -0.15) is 0 Å². The van der Waals surface area contributed by atoms with E-state index in [1.165, 1.54) is 43.8 Å². The fraction of sp³-hybridized carbons (Fsp3) is 0.0426. The lowest BCUT2D eigenvalue weighted by atomic mass is 9.88. The summed E-state index contributed by atoms with van der Waals surface area (Å²) in [5.41, 5.74) is 9.79. The summed E-state index contributed by atoms with van der Waals surface area (Å²) in [4.78, 5) is 15.0. The molecule has 0 atom stereocenters. The van der Waals surface area contributed by atoms with Crippen molar-refractivity contribution in [3.8, 4) is 45.3 Å². The molecule has 0 N–H and O–H groups in total. The normalized spacial score (nSPS) is 12.7. The van der Waals surface area contributed by atoms with Gasteiger partial charge in [-0.05, 0) is 74.5 Å². The van der Waals surface area contributed by atoms with Crippen molar-refractivity contribution >= 4 is 38.1 Å². The van der Waals surface area contributed by atoms with E-state index in [9.17, 15) is 0 Å². The molecule has 2 heterocycles. The number of furan rings is 1. The fourth-order valence-corrected chi connectivity index (χ4v) is 7.36. The Morgan fingerprint density at radius 3 is 1.75 bits per heavy atom. The maximum Gasteiger partial charge on any atom is 0.164 e. The molecular weight excluding hydrogens is 623 g/mol. The Balaban J connectivity index is 1.02. The summed E-state index contributed by atoms with van der Waals surface area (Å²) in [6, 6.07) is 55.2. The molecule has 51 heavy (non-hydrogen) atoms. The van der Waals surface area contributed by atoms with E-state index in [-0.39, 0.29) is 0 Å². The zero-order valence-electron chi connectivity index (χ0n) is 27.8. The molecule has 10 rings (SSSR count). The Morgan fingerprint density at radius 2 is 0.941 bits per heavy atom. The van der Waals surface area contributed by atoms with Crippen LogP contribution in [0, 0.1) is 0 Å². The second kappa shape index (κ2) is 12.0. The Bertz CT molecular complexity index is 2800. The molecule has 0 amide bonds. The van der Waals surface area contributed by atoms with Gasteiger partial charge in [0, 0.05) is 34.1 Å². The van der Waals surface area contributed by atoms with Crippen molar-refractivity contribution in [2.24, 2.45) is 0 Å². The third-order valence-electron chi connectivity index (χ3n) is 9.96. The maximum absolute atomic E-state index is 6.26. The van der Waals surface area contributed by atoms with Gasteiger partial charge < -0.3 is 4.42 Å². The first-order valence-corrected chi connectivity index (χ1v) is 17.4. The zero-order chi connectivity index (χ0) is 33.7. The van der Waals surface area contributed by atoms with Gasteiger partial charge in [0.15, 0.2) is 17.5 Å². The molecule has 7 aromatic carbocycles. The average molecular weight is 654 g/mol. The highest BCUT2D eigenvalue weighted by molar-refractivity contribution is 6.00. The van der Waals surface area contributed by atoms with Crippen LogP contribution in [0.15, 0.2) is 168 Å². The largest absolute Gasteiger partial charge is 0.460 e. The highest BCUT2D eigenvalue weighted by atomic mass is 16.3. The number of nitrogens with zero attached hydrogens (tertiary/aromatic N) is 3. The molecule has 2 aromatic heterocycles. The molecule has 0 radical (unpaired) electrons. The Labute approximate surface area is 295 Å². The van der Waals surface area contributed by atoms with Crippen LogP contribution in [-0.2, 0) is 6.42 Å². The van der Waals surface area contributed by atoms with E-state index >= 15 is 0 Å². The lowest BCUT2D eigenvalue weighted by Crippen LogP contribution is -2.00. The fourth-order valence-electron chi connectivity index (χ4n) is 7.36. The maximum atomic E-state index is 6.26. The highest BCUT2D eigenvalue weighted by Crippen LogP contribution is 2.40. The van der Waals surface area contributed by atoms with E-state index in [0.717, 1.165) is 51.8 Å². The molecule has 0 bridgehead atoms. The summed E-state index contributed by atoms with van der Waals surface area (Å²) in [6.45, 7) is 0. The van der Waals surface area contributed by atoms with Gasteiger partial charge in [0.1, 0.15) is 11.3 Å². The van der Waals surface area contributed by atoms with Gasteiger partial charge in [-0.15, -0.1) is 0 Å². The molecule has 0 saturated heterocycles. The Kier molecular flexibility index (Phi) is 6.91. The van der Waals surface area contributed by atoms with Crippen LogP contribution in [0.3, 0.4) is 0 Å². The van der Waals surface area contributed by atoms with E-state index in [2.05, 4.69) is 127 Å². The first-order chi connectivity index (χ1) is 25.2. The van der Waals surface area contributed by atoms with E-state index in [1.54, 1.807) is 0 Å². The van der Waals surface area contributed by atoms with Crippen LogP contribution in [0.2, 0.25) is 0 Å². The first-order valence-electron chi connectivity index (χ1n) is 17.4. The number of allylic oxidation sites excluding steroid dienone is 1. The second-order valence-corrected chi connectivity index (χ2v) is 13.1. The standard InChI is InChI=1S/C47H31N3O/c1-2-10-32(11-3-1)45-48-46(33-20-17-31(18-21-33)35-22-19-30-9-4-5-12-34(30)27-35)50-47(49-45)39-26-24-36-28-38(25-23-37(36)29-39)40-14-8-16-43-44(40)41-13-6-7-15-42(41)51-43/h1-7,9-15,17-29H,8,16H2. The number of fused-ring (bicyclic) bond motifs is 5. The number of aromatic nitrogens is 3. The zero-order valence-corrected chi connectivity index (χ0v) is 27.8. The molecule has 1 aliphatic carbocycles. The van der Waals surface area contributed by atoms with Crippen molar-refractivity contribution < 1.29 is 4.42 Å². The average Bonchev–Trinajstić information content (AvgIpc) is 3.60. The number of hydrogen-bond donors (Lipinski definition) is 0. The van der Waals surface area contributed by atoms with Crippen LogP contribution < -0.4 is 0 Å². The predicted octanol–water partition coefficient (Wildman–Crippen LogP) is 12.0. The molecule has 9 aromatic rings. The molecule has 4 heteroatoms. The minimum Gasteiger partial charge on any atom is -0.460 e. The number of hydrogen-bond acceptors (Lipinski definition) is 4. The molecule has 4 nitrogen and oxygen atoms in total. The van der Waals surface area contributed by atoms with Gasteiger partial charge in [-0.25, -0.2) is 15.0 Å². The van der Waals surface area contributed by atoms with Crippen LogP contribution in [-0.4, -0.2) is 15.0 Å². The van der Waals surface area contributed by atoms with E-state index in [4.69, 9.17) is 19.4 Å². The van der Waals surface area contributed by atoms with Gasteiger partial charge in [0.05, 0.1) is 0 Å². The van der Waals surface area contributed by atoms with Gasteiger partial charge in [0.25, 0.3) is 0 Å². The first kappa shape index (κ1) is 29.3. The molecule has 0 saturated carbocycles. The van der Waals surface area contributed by atoms with Crippen molar-refractivity contribution in [3.05, 3.63) is 181 Å². The summed E-state index contributed by atoms with van der Waals surface area (Å²) >= 11 is 0. The van der Waals surface area contributed by atoms with Crippen molar-refractivity contribution in [3.63, 3.8) is 0 Å². The monoisotopic (exact) mass is 653 g/mol. The molecule has 0 aliphatic heterocycles.